The van der Waals surface area contributed by atoms with Crippen LogP contribution in [0.5, 0.6) is 0 Å². The third-order valence-electron chi connectivity index (χ3n) is 3.14. The fraction of sp³-hybridized carbons (Fsp3) is 0.643. The van der Waals surface area contributed by atoms with Gasteiger partial charge in [0.15, 0.2) is 5.13 Å². The zero-order chi connectivity index (χ0) is 17.2. The topological polar surface area (TPSA) is 101 Å². The fourth-order valence-corrected chi connectivity index (χ4v) is 3.00. The van der Waals surface area contributed by atoms with Crippen molar-refractivity contribution in [3.8, 4) is 0 Å². The van der Waals surface area contributed by atoms with Crippen molar-refractivity contribution in [2.45, 2.75) is 38.5 Å². The largest absolute Gasteiger partial charge is 0.465 e. The number of methoxy groups -OCH3 is 1. The van der Waals surface area contributed by atoms with Crippen LogP contribution in [-0.4, -0.2) is 60.1 Å². The fourth-order valence-electron chi connectivity index (χ4n) is 2.15. The summed E-state index contributed by atoms with van der Waals surface area (Å²) in [6.07, 6.45) is 0.123. The Hall–Kier alpha value is -1.87. The molecule has 0 aromatic carbocycles. The lowest BCUT2D eigenvalue weighted by Gasteiger charge is -2.22. The summed E-state index contributed by atoms with van der Waals surface area (Å²) in [7, 11) is 1.31. The summed E-state index contributed by atoms with van der Waals surface area (Å²) in [4.78, 5) is 29.6. The number of hydrogen-bond acceptors (Lipinski definition) is 8. The number of carbonyl (C=O) groups is 2. The first-order valence-corrected chi connectivity index (χ1v) is 7.98. The van der Waals surface area contributed by atoms with Crippen LogP contribution >= 0.6 is 11.3 Å². The molecule has 9 heteroatoms. The molecule has 2 N–H and O–H groups in total. The molecular formula is C14H21N3O5S. The van der Waals surface area contributed by atoms with Gasteiger partial charge in [-0.3, -0.25) is 0 Å². The number of nitrogens with zero attached hydrogens (tertiary/aromatic N) is 2. The predicted octanol–water partition coefficient (Wildman–Crippen LogP) is 1.00. The highest BCUT2D eigenvalue weighted by molar-refractivity contribution is 7.17. The number of β-amino-alcohol motifs (C(OH)–C–C–N with tert-alkyl or cyclic N) is 1. The Morgan fingerprint density at radius 2 is 2.13 bits per heavy atom. The Balaban J connectivity index is 1.97. The van der Waals surface area contributed by atoms with Gasteiger partial charge in [0, 0.05) is 13.1 Å². The molecule has 1 amide bonds. The molecule has 0 radical (unpaired) electrons. The maximum atomic E-state index is 11.8. The molecule has 1 aliphatic heterocycles. The first-order valence-electron chi connectivity index (χ1n) is 7.16. The van der Waals surface area contributed by atoms with Crippen molar-refractivity contribution >= 4 is 28.5 Å². The van der Waals surface area contributed by atoms with Gasteiger partial charge in [-0.05, 0) is 20.8 Å². The quantitative estimate of drug-likeness (QED) is 0.790. The molecule has 2 rings (SSSR count). The number of aliphatic hydroxyl groups excluding tert-OH is 1. The van der Waals surface area contributed by atoms with Gasteiger partial charge in [0.05, 0.1) is 25.5 Å². The highest BCUT2D eigenvalue weighted by Crippen LogP contribution is 2.26. The van der Waals surface area contributed by atoms with Crippen molar-refractivity contribution in [3.05, 3.63) is 11.1 Å². The summed E-state index contributed by atoms with van der Waals surface area (Å²) in [5.41, 5.74) is -0.599. The molecule has 1 aromatic heterocycles. The van der Waals surface area contributed by atoms with Gasteiger partial charge in [-0.15, -0.1) is 0 Å². The van der Waals surface area contributed by atoms with E-state index in [2.05, 4.69) is 15.0 Å². The molecular weight excluding hydrogens is 322 g/mol. The standard InChI is InChI=1S/C14H21N3O5S/c1-14(2,3)22-13(20)16-8-6-17(7-9(8)18)12-15-5-10(23-12)11(19)21-4/h5,8-9,18H,6-7H2,1-4H3,(H,16,20)/t8-,9-/m0/s1. The minimum Gasteiger partial charge on any atom is -0.465 e. The average Bonchev–Trinajstić information content (AvgIpc) is 3.03. The molecule has 0 saturated carbocycles. The molecule has 1 aromatic rings. The lowest BCUT2D eigenvalue weighted by atomic mass is 10.2. The maximum Gasteiger partial charge on any atom is 0.408 e. The van der Waals surface area contributed by atoms with Crippen molar-refractivity contribution in [2.75, 3.05) is 25.1 Å². The van der Waals surface area contributed by atoms with Crippen molar-refractivity contribution in [2.24, 2.45) is 0 Å². The first kappa shape index (κ1) is 17.5. The van der Waals surface area contributed by atoms with Crippen LogP contribution in [0.25, 0.3) is 0 Å². The summed E-state index contributed by atoms with van der Waals surface area (Å²) >= 11 is 1.18. The first-order chi connectivity index (χ1) is 10.7. The van der Waals surface area contributed by atoms with Gasteiger partial charge in [0.25, 0.3) is 0 Å². The van der Waals surface area contributed by atoms with Gasteiger partial charge in [-0.25, -0.2) is 14.6 Å². The van der Waals surface area contributed by atoms with E-state index in [4.69, 9.17) is 4.74 Å². The van der Waals surface area contributed by atoms with E-state index in [1.807, 2.05) is 4.90 Å². The van der Waals surface area contributed by atoms with E-state index in [1.165, 1.54) is 24.6 Å². The van der Waals surface area contributed by atoms with Crippen LogP contribution in [0.2, 0.25) is 0 Å². The molecule has 2 atom stereocenters. The van der Waals surface area contributed by atoms with Crippen LogP contribution in [0, 0.1) is 0 Å². The molecule has 8 nitrogen and oxygen atoms in total. The monoisotopic (exact) mass is 343 g/mol. The van der Waals surface area contributed by atoms with Crippen LogP contribution in [0.4, 0.5) is 9.93 Å². The van der Waals surface area contributed by atoms with Gasteiger partial charge >= 0.3 is 12.1 Å². The number of hydrogen-bond donors (Lipinski definition) is 2. The number of esters is 1. The molecule has 23 heavy (non-hydrogen) atoms. The van der Waals surface area contributed by atoms with Crippen LogP contribution in [0.15, 0.2) is 6.20 Å². The summed E-state index contributed by atoms with van der Waals surface area (Å²) in [6, 6.07) is -0.463. The average molecular weight is 343 g/mol. The second-order valence-corrected chi connectivity index (χ2v) is 7.23. The molecule has 1 aliphatic rings. The number of aliphatic hydroxyl groups is 1. The lowest BCUT2D eigenvalue weighted by molar-refractivity contribution is 0.0461. The van der Waals surface area contributed by atoms with E-state index in [-0.39, 0.29) is 0 Å². The summed E-state index contributed by atoms with van der Waals surface area (Å²) in [6.45, 7) is 6.01. The maximum absolute atomic E-state index is 11.8. The van der Waals surface area contributed by atoms with Gasteiger partial charge < -0.3 is 24.8 Å². The number of nitrogens with one attached hydrogen (secondary N) is 1. The van der Waals surface area contributed by atoms with E-state index in [0.29, 0.717) is 23.1 Å². The molecule has 2 heterocycles. The predicted molar refractivity (Wildman–Crippen MR) is 84.8 cm³/mol. The normalized spacial score (nSPS) is 21.2. The molecule has 128 valence electrons. The van der Waals surface area contributed by atoms with E-state index < -0.39 is 29.8 Å². The number of aromatic nitrogens is 1. The Morgan fingerprint density at radius 3 is 2.74 bits per heavy atom. The third-order valence-corrected chi connectivity index (χ3v) is 4.18. The number of amides is 1. The number of anilines is 1. The molecule has 1 saturated heterocycles. The lowest BCUT2D eigenvalue weighted by Crippen LogP contribution is -2.45. The van der Waals surface area contributed by atoms with Crippen LogP contribution < -0.4 is 10.2 Å². The van der Waals surface area contributed by atoms with Gasteiger partial charge in [-0.1, -0.05) is 11.3 Å². The zero-order valence-electron chi connectivity index (χ0n) is 13.5. The van der Waals surface area contributed by atoms with Crippen molar-refractivity contribution < 1.29 is 24.2 Å². The molecule has 0 unspecified atom stereocenters. The number of alkyl carbamates (subject to hydrolysis) is 1. The minimum absolute atomic E-state index is 0.314. The Morgan fingerprint density at radius 1 is 1.43 bits per heavy atom. The zero-order valence-corrected chi connectivity index (χ0v) is 14.3. The van der Waals surface area contributed by atoms with Crippen LogP contribution in [-0.2, 0) is 9.47 Å². The second kappa shape index (κ2) is 6.71. The number of ether oxygens (including phenoxy) is 2. The van der Waals surface area contributed by atoms with Crippen molar-refractivity contribution in [1.29, 1.82) is 0 Å². The number of rotatable bonds is 3. The SMILES string of the molecule is COC(=O)c1cnc(N2C[C@H](NC(=O)OC(C)(C)C)[C@@H](O)C2)s1. The van der Waals surface area contributed by atoms with Crippen LogP contribution in [0.1, 0.15) is 30.4 Å². The highest BCUT2D eigenvalue weighted by Gasteiger charge is 2.35. The van der Waals surface area contributed by atoms with E-state index >= 15 is 0 Å². The summed E-state index contributed by atoms with van der Waals surface area (Å²) in [5.74, 6) is -0.447. The van der Waals surface area contributed by atoms with E-state index in [1.54, 1.807) is 20.8 Å². The Kier molecular flexibility index (Phi) is 5.10. The van der Waals surface area contributed by atoms with Crippen LogP contribution in [0.3, 0.4) is 0 Å². The van der Waals surface area contributed by atoms with Crippen molar-refractivity contribution in [3.63, 3.8) is 0 Å². The molecule has 1 fully saturated rings. The molecule has 0 aliphatic carbocycles. The molecule has 0 bridgehead atoms. The smallest absolute Gasteiger partial charge is 0.408 e. The second-order valence-electron chi connectivity index (χ2n) is 6.22. The highest BCUT2D eigenvalue weighted by atomic mass is 32.1. The molecule has 0 spiro atoms. The van der Waals surface area contributed by atoms with E-state index in [0.717, 1.165) is 0 Å². The van der Waals surface area contributed by atoms with Gasteiger partial charge in [-0.2, -0.15) is 0 Å². The summed E-state index contributed by atoms with van der Waals surface area (Å²) < 4.78 is 9.83. The number of thiazole rings is 1. The Labute approximate surface area is 138 Å². The van der Waals surface area contributed by atoms with Gasteiger partial charge in [0.2, 0.25) is 0 Å². The number of carbonyl (C=O) groups excluding carboxylic acids is 2. The minimum atomic E-state index is -0.743. The Bertz CT molecular complexity index is 583. The van der Waals surface area contributed by atoms with Gasteiger partial charge in [0.1, 0.15) is 10.5 Å². The van der Waals surface area contributed by atoms with Crippen molar-refractivity contribution in [1.82, 2.24) is 10.3 Å². The van der Waals surface area contributed by atoms with E-state index in [9.17, 15) is 14.7 Å². The third kappa shape index (κ3) is 4.55. The summed E-state index contributed by atoms with van der Waals surface area (Å²) in [5, 5.41) is 13.4.